The first-order chi connectivity index (χ1) is 8.39. The SMILES string of the molecule is CCC(NC(C)(C)CC)c1cccc([N+](=O)[O-])c1. The Labute approximate surface area is 109 Å². The van der Waals surface area contributed by atoms with Gasteiger partial charge in [-0.05, 0) is 32.3 Å². The normalized spacial score (nSPS) is 13.3. The number of nitro groups is 1. The molecule has 0 aromatic heterocycles. The van der Waals surface area contributed by atoms with Crippen molar-refractivity contribution in [3.05, 3.63) is 39.9 Å². The maximum atomic E-state index is 10.8. The first-order valence-corrected chi connectivity index (χ1v) is 6.41. The molecule has 4 heteroatoms. The molecule has 1 unspecified atom stereocenters. The van der Waals surface area contributed by atoms with E-state index in [-0.39, 0.29) is 22.2 Å². The highest BCUT2D eigenvalue weighted by atomic mass is 16.6. The van der Waals surface area contributed by atoms with Crippen LogP contribution in [0, 0.1) is 10.1 Å². The summed E-state index contributed by atoms with van der Waals surface area (Å²) >= 11 is 0. The number of non-ortho nitro benzene ring substituents is 1. The van der Waals surface area contributed by atoms with Crippen molar-refractivity contribution in [1.82, 2.24) is 5.32 Å². The van der Waals surface area contributed by atoms with Crippen molar-refractivity contribution in [2.75, 3.05) is 0 Å². The van der Waals surface area contributed by atoms with Gasteiger partial charge in [-0.3, -0.25) is 10.1 Å². The molecule has 0 aliphatic carbocycles. The summed E-state index contributed by atoms with van der Waals surface area (Å²) in [7, 11) is 0. The van der Waals surface area contributed by atoms with Gasteiger partial charge in [0, 0.05) is 23.7 Å². The summed E-state index contributed by atoms with van der Waals surface area (Å²) in [6.07, 6.45) is 1.92. The van der Waals surface area contributed by atoms with Crippen molar-refractivity contribution >= 4 is 5.69 Å². The van der Waals surface area contributed by atoms with Gasteiger partial charge >= 0.3 is 0 Å². The fraction of sp³-hybridized carbons (Fsp3) is 0.571. The molecule has 1 aromatic carbocycles. The quantitative estimate of drug-likeness (QED) is 0.616. The van der Waals surface area contributed by atoms with Gasteiger partial charge in [-0.1, -0.05) is 26.0 Å². The van der Waals surface area contributed by atoms with Gasteiger partial charge in [-0.2, -0.15) is 0 Å². The highest BCUT2D eigenvalue weighted by molar-refractivity contribution is 5.35. The van der Waals surface area contributed by atoms with E-state index in [2.05, 4.69) is 33.0 Å². The minimum absolute atomic E-state index is 0.0330. The molecule has 1 atom stereocenters. The van der Waals surface area contributed by atoms with Crippen molar-refractivity contribution < 1.29 is 4.92 Å². The lowest BCUT2D eigenvalue weighted by molar-refractivity contribution is -0.384. The molecule has 100 valence electrons. The smallest absolute Gasteiger partial charge is 0.269 e. The van der Waals surface area contributed by atoms with Crippen molar-refractivity contribution in [3.63, 3.8) is 0 Å². The predicted octanol–water partition coefficient (Wildman–Crippen LogP) is 3.82. The zero-order valence-corrected chi connectivity index (χ0v) is 11.6. The summed E-state index contributed by atoms with van der Waals surface area (Å²) in [5.41, 5.74) is 1.17. The first-order valence-electron chi connectivity index (χ1n) is 6.41. The molecular formula is C14H22N2O2. The van der Waals surface area contributed by atoms with Crippen LogP contribution in [-0.4, -0.2) is 10.5 Å². The summed E-state index contributed by atoms with van der Waals surface area (Å²) in [4.78, 5) is 10.4. The van der Waals surface area contributed by atoms with Crippen molar-refractivity contribution in [2.45, 2.75) is 52.1 Å². The van der Waals surface area contributed by atoms with Crippen molar-refractivity contribution in [2.24, 2.45) is 0 Å². The lowest BCUT2D eigenvalue weighted by atomic mass is 9.96. The molecule has 0 spiro atoms. The molecule has 0 fully saturated rings. The third kappa shape index (κ3) is 3.81. The van der Waals surface area contributed by atoms with Crippen LogP contribution in [0.25, 0.3) is 0 Å². The fourth-order valence-electron chi connectivity index (χ4n) is 1.85. The van der Waals surface area contributed by atoms with E-state index in [9.17, 15) is 10.1 Å². The lowest BCUT2D eigenvalue weighted by Crippen LogP contribution is -2.40. The second kappa shape index (κ2) is 5.96. The number of hydrogen-bond donors (Lipinski definition) is 1. The molecule has 18 heavy (non-hydrogen) atoms. The zero-order chi connectivity index (χ0) is 13.8. The van der Waals surface area contributed by atoms with Crippen LogP contribution in [0.1, 0.15) is 52.1 Å². The molecule has 0 aliphatic rings. The summed E-state index contributed by atoms with van der Waals surface area (Å²) in [5.74, 6) is 0. The van der Waals surface area contributed by atoms with Crippen LogP contribution in [0.3, 0.4) is 0 Å². The number of hydrogen-bond acceptors (Lipinski definition) is 3. The largest absolute Gasteiger partial charge is 0.305 e. The van der Waals surface area contributed by atoms with E-state index >= 15 is 0 Å². The van der Waals surface area contributed by atoms with Gasteiger partial charge in [-0.15, -0.1) is 0 Å². The molecule has 1 aromatic rings. The first kappa shape index (κ1) is 14.6. The van der Waals surface area contributed by atoms with Crippen LogP contribution in [0.15, 0.2) is 24.3 Å². The lowest BCUT2D eigenvalue weighted by Gasteiger charge is -2.30. The van der Waals surface area contributed by atoms with Gasteiger partial charge in [0.05, 0.1) is 4.92 Å². The van der Waals surface area contributed by atoms with E-state index < -0.39 is 0 Å². The fourth-order valence-corrected chi connectivity index (χ4v) is 1.85. The highest BCUT2D eigenvalue weighted by Crippen LogP contribution is 2.24. The van der Waals surface area contributed by atoms with Crippen LogP contribution in [0.2, 0.25) is 0 Å². The summed E-state index contributed by atoms with van der Waals surface area (Å²) in [6, 6.07) is 7.03. The van der Waals surface area contributed by atoms with E-state index in [4.69, 9.17) is 0 Å². The number of rotatable bonds is 6. The Morgan fingerprint density at radius 3 is 2.56 bits per heavy atom. The highest BCUT2D eigenvalue weighted by Gasteiger charge is 2.21. The maximum Gasteiger partial charge on any atom is 0.269 e. The van der Waals surface area contributed by atoms with Gasteiger partial charge in [0.25, 0.3) is 5.69 Å². The molecule has 1 N–H and O–H groups in total. The van der Waals surface area contributed by atoms with Crippen LogP contribution in [0.4, 0.5) is 5.69 Å². The monoisotopic (exact) mass is 250 g/mol. The van der Waals surface area contributed by atoms with Crippen molar-refractivity contribution in [1.29, 1.82) is 0 Å². The van der Waals surface area contributed by atoms with E-state index in [0.29, 0.717) is 0 Å². The number of nitrogens with zero attached hydrogens (tertiary/aromatic N) is 1. The van der Waals surface area contributed by atoms with E-state index in [1.807, 2.05) is 6.07 Å². The molecule has 0 bridgehead atoms. The average molecular weight is 250 g/mol. The molecule has 0 heterocycles. The predicted molar refractivity (Wildman–Crippen MR) is 73.6 cm³/mol. The van der Waals surface area contributed by atoms with Crippen molar-refractivity contribution in [3.8, 4) is 0 Å². The molecule has 0 aliphatic heterocycles. The minimum atomic E-state index is -0.346. The van der Waals surface area contributed by atoms with Gasteiger partial charge in [0.15, 0.2) is 0 Å². The molecule has 0 saturated carbocycles. The van der Waals surface area contributed by atoms with Gasteiger partial charge in [-0.25, -0.2) is 0 Å². The Kier molecular flexibility index (Phi) is 4.84. The average Bonchev–Trinajstić information content (AvgIpc) is 2.36. The van der Waals surface area contributed by atoms with E-state index in [1.54, 1.807) is 12.1 Å². The Hall–Kier alpha value is -1.42. The number of benzene rings is 1. The Balaban J connectivity index is 2.95. The Morgan fingerprint density at radius 2 is 2.06 bits per heavy atom. The Morgan fingerprint density at radius 1 is 1.39 bits per heavy atom. The van der Waals surface area contributed by atoms with Gasteiger partial charge in [0.2, 0.25) is 0 Å². The van der Waals surface area contributed by atoms with Gasteiger partial charge < -0.3 is 5.32 Å². The van der Waals surface area contributed by atoms with E-state index in [1.165, 1.54) is 6.07 Å². The van der Waals surface area contributed by atoms with E-state index in [0.717, 1.165) is 18.4 Å². The van der Waals surface area contributed by atoms with Crippen LogP contribution < -0.4 is 5.32 Å². The topological polar surface area (TPSA) is 55.2 Å². The molecule has 4 nitrogen and oxygen atoms in total. The van der Waals surface area contributed by atoms with Gasteiger partial charge in [0.1, 0.15) is 0 Å². The van der Waals surface area contributed by atoms with Crippen LogP contribution in [-0.2, 0) is 0 Å². The summed E-state index contributed by atoms with van der Waals surface area (Å²) < 4.78 is 0. The Bertz CT molecular complexity index is 416. The minimum Gasteiger partial charge on any atom is -0.305 e. The number of nitrogens with one attached hydrogen (secondary N) is 1. The third-order valence-electron chi connectivity index (χ3n) is 3.34. The zero-order valence-electron chi connectivity index (χ0n) is 11.6. The summed E-state index contributed by atoms with van der Waals surface area (Å²) in [6.45, 7) is 8.51. The van der Waals surface area contributed by atoms with Crippen LogP contribution in [0.5, 0.6) is 0 Å². The molecule has 0 saturated heterocycles. The second-order valence-corrected chi connectivity index (χ2v) is 5.19. The second-order valence-electron chi connectivity index (χ2n) is 5.19. The summed E-state index contributed by atoms with van der Waals surface area (Å²) in [5, 5.41) is 14.3. The molecule has 1 rings (SSSR count). The molecule has 0 radical (unpaired) electrons. The third-order valence-corrected chi connectivity index (χ3v) is 3.34. The van der Waals surface area contributed by atoms with Crippen LogP contribution >= 0.6 is 0 Å². The number of nitro benzene ring substituents is 1. The molecular weight excluding hydrogens is 228 g/mol. The standard InChI is InChI=1S/C14H22N2O2/c1-5-13(15-14(3,4)6-2)11-8-7-9-12(10-11)16(17)18/h7-10,13,15H,5-6H2,1-4H3. The maximum absolute atomic E-state index is 10.8. The molecule has 0 amide bonds.